The Morgan fingerprint density at radius 1 is 0.817 bits per heavy atom. The molecule has 0 radical (unpaired) electrons. The highest BCUT2D eigenvalue weighted by Crippen LogP contribution is 2.20. The lowest BCUT2D eigenvalue weighted by Crippen LogP contribution is -2.59. The Kier molecular flexibility index (Phi) is 22.6. The molecule has 7 amide bonds. The Labute approximate surface area is 347 Å². The number of aliphatic carboxylic acids is 1. The molecule has 0 aliphatic carbocycles. The third kappa shape index (κ3) is 18.4. The number of amides is 7. The van der Waals surface area contributed by atoms with Crippen molar-refractivity contribution in [1.29, 1.82) is 0 Å². The Balaban J connectivity index is 2.27. The van der Waals surface area contributed by atoms with E-state index in [1.54, 1.807) is 0 Å². The summed E-state index contributed by atoms with van der Waals surface area (Å²) >= 11 is 0. The summed E-state index contributed by atoms with van der Waals surface area (Å²) in [6.45, 7) is 0.470. The smallest absolute Gasteiger partial charge is 0.326 e. The Hall–Kier alpha value is -5.88. The highest BCUT2D eigenvalue weighted by Gasteiger charge is 2.39. The molecule has 0 unspecified atom stereocenters. The molecule has 6 atom stereocenters. The number of aromatic nitrogens is 2. The summed E-state index contributed by atoms with van der Waals surface area (Å²) in [7, 11) is 0. The number of nitrogens with zero attached hydrogens (tertiary/aromatic N) is 3. The molecule has 60 heavy (non-hydrogen) atoms. The largest absolute Gasteiger partial charge is 0.480 e. The lowest BCUT2D eigenvalue weighted by atomic mass is 10.0. The third-order valence-electron chi connectivity index (χ3n) is 9.63. The molecule has 24 heteroatoms. The molecule has 0 bridgehead atoms. The van der Waals surface area contributed by atoms with Crippen molar-refractivity contribution in [1.82, 2.24) is 41.5 Å². The van der Waals surface area contributed by atoms with Gasteiger partial charge in [-0.2, -0.15) is 0 Å². The molecule has 1 aliphatic rings. The first-order valence-corrected chi connectivity index (χ1v) is 20.1. The van der Waals surface area contributed by atoms with E-state index < -0.39 is 90.1 Å². The average molecular weight is 850 g/mol. The molecule has 1 aromatic rings. The van der Waals surface area contributed by atoms with E-state index in [-0.39, 0.29) is 64.0 Å². The van der Waals surface area contributed by atoms with Crippen molar-refractivity contribution < 1.29 is 43.5 Å². The molecule has 19 N–H and O–H groups in total. The zero-order chi connectivity index (χ0) is 44.6. The summed E-state index contributed by atoms with van der Waals surface area (Å²) in [4.78, 5) is 116. The number of unbranched alkanes of at least 4 members (excludes halogenated alkanes) is 2. The first-order valence-electron chi connectivity index (χ1n) is 20.1. The zero-order valence-corrected chi connectivity index (χ0v) is 33.9. The maximum atomic E-state index is 14.2. The number of carboxylic acid groups (broad SMARTS) is 1. The molecule has 0 aromatic carbocycles. The maximum absolute atomic E-state index is 14.2. The molecule has 2 rings (SSSR count). The van der Waals surface area contributed by atoms with Crippen molar-refractivity contribution in [3.05, 3.63) is 18.2 Å². The summed E-state index contributed by atoms with van der Waals surface area (Å²) < 4.78 is 0. The zero-order valence-electron chi connectivity index (χ0n) is 33.9. The van der Waals surface area contributed by atoms with Gasteiger partial charge in [-0.1, -0.05) is 6.42 Å². The maximum Gasteiger partial charge on any atom is 0.326 e. The lowest BCUT2D eigenvalue weighted by molar-refractivity contribution is -0.143. The van der Waals surface area contributed by atoms with E-state index in [2.05, 4.69) is 41.5 Å². The van der Waals surface area contributed by atoms with Gasteiger partial charge in [0.1, 0.15) is 30.2 Å². The molecule has 1 aliphatic heterocycles. The number of likely N-dealkylation sites (tertiary alicyclic amines) is 1. The van der Waals surface area contributed by atoms with E-state index in [4.69, 9.17) is 34.4 Å². The number of hydrogen-bond acceptors (Lipinski definition) is 13. The van der Waals surface area contributed by atoms with Gasteiger partial charge in [0.05, 0.1) is 18.9 Å². The summed E-state index contributed by atoms with van der Waals surface area (Å²) in [6, 6.07) is -7.14. The highest BCUT2D eigenvalue weighted by molar-refractivity contribution is 5.97. The minimum atomic E-state index is -1.43. The van der Waals surface area contributed by atoms with Crippen LogP contribution in [0.4, 0.5) is 0 Å². The number of H-pyrrole nitrogens is 1. The van der Waals surface area contributed by atoms with Gasteiger partial charge < -0.3 is 76.0 Å². The van der Waals surface area contributed by atoms with Crippen molar-refractivity contribution in [3.8, 4) is 0 Å². The number of nitrogens with two attached hydrogens (primary N) is 6. The van der Waals surface area contributed by atoms with Gasteiger partial charge in [-0.15, -0.1) is 0 Å². The topological polar surface area (TPSA) is 417 Å². The Morgan fingerprint density at radius 3 is 2.03 bits per heavy atom. The summed E-state index contributed by atoms with van der Waals surface area (Å²) in [5.41, 5.74) is 33.7. The van der Waals surface area contributed by atoms with Gasteiger partial charge in [-0.25, -0.2) is 9.78 Å². The van der Waals surface area contributed by atoms with Crippen LogP contribution in [0.2, 0.25) is 0 Å². The van der Waals surface area contributed by atoms with E-state index in [1.807, 2.05) is 0 Å². The number of aliphatic imine (C=N–C) groups is 1. The Bertz CT molecular complexity index is 1610. The van der Waals surface area contributed by atoms with Crippen LogP contribution in [-0.2, 0) is 44.8 Å². The van der Waals surface area contributed by atoms with E-state index in [0.29, 0.717) is 57.3 Å². The highest BCUT2D eigenvalue weighted by atomic mass is 16.4. The second-order valence-electron chi connectivity index (χ2n) is 14.5. The fraction of sp³-hybridized carbons (Fsp3) is 0.667. The number of nitrogens with one attached hydrogen (secondary N) is 6. The van der Waals surface area contributed by atoms with Crippen LogP contribution in [0.3, 0.4) is 0 Å². The lowest BCUT2D eigenvalue weighted by Gasteiger charge is -2.30. The predicted molar refractivity (Wildman–Crippen MR) is 218 cm³/mol. The molecule has 336 valence electrons. The summed E-state index contributed by atoms with van der Waals surface area (Å²) in [6.07, 6.45) is 5.68. The minimum Gasteiger partial charge on any atom is -0.480 e. The first-order chi connectivity index (χ1) is 28.6. The fourth-order valence-electron chi connectivity index (χ4n) is 6.39. The summed E-state index contributed by atoms with van der Waals surface area (Å²) in [5, 5.41) is 22.2. The predicted octanol–water partition coefficient (Wildman–Crippen LogP) is -5.01. The number of aromatic amines is 1. The van der Waals surface area contributed by atoms with Crippen LogP contribution in [0.15, 0.2) is 17.5 Å². The SMILES string of the molecule is NCCCC[C@H](NC(=O)CNC(=O)[C@@H]1CCCN1C(=O)[C@H](Cc1cnc[nH]1)NC(=O)[C@H](CCC(N)=O)NC(=O)[C@H](CCCN=C(N)N)NC(=O)[C@@H](N)CCCCN)C(=O)O. The van der Waals surface area contributed by atoms with Gasteiger partial charge in [0, 0.05) is 37.8 Å². The van der Waals surface area contributed by atoms with Crippen molar-refractivity contribution in [2.24, 2.45) is 39.4 Å². The normalized spacial score (nSPS) is 16.0. The van der Waals surface area contributed by atoms with Crippen LogP contribution < -0.4 is 61.0 Å². The quantitative estimate of drug-likeness (QED) is 0.0204. The number of guanidine groups is 1. The Morgan fingerprint density at radius 2 is 1.43 bits per heavy atom. The molecule has 1 fully saturated rings. The van der Waals surface area contributed by atoms with Crippen LogP contribution in [0.25, 0.3) is 0 Å². The van der Waals surface area contributed by atoms with Gasteiger partial charge in [0.15, 0.2) is 5.96 Å². The van der Waals surface area contributed by atoms with Crippen molar-refractivity contribution in [3.63, 3.8) is 0 Å². The number of imidazole rings is 1. The monoisotopic (exact) mass is 849 g/mol. The number of carboxylic acids is 1. The second kappa shape index (κ2) is 27.0. The van der Waals surface area contributed by atoms with Gasteiger partial charge in [0.2, 0.25) is 41.4 Å². The molecule has 0 saturated carbocycles. The van der Waals surface area contributed by atoms with Crippen LogP contribution in [0.5, 0.6) is 0 Å². The number of primary amides is 1. The van der Waals surface area contributed by atoms with Crippen molar-refractivity contribution in [2.45, 2.75) is 120 Å². The van der Waals surface area contributed by atoms with Gasteiger partial charge in [-0.05, 0) is 77.3 Å². The van der Waals surface area contributed by atoms with Crippen LogP contribution >= 0.6 is 0 Å². The number of hydrogen-bond donors (Lipinski definition) is 13. The molecular weight excluding hydrogens is 786 g/mol. The van der Waals surface area contributed by atoms with Gasteiger partial charge >= 0.3 is 5.97 Å². The van der Waals surface area contributed by atoms with Gasteiger partial charge in [0.25, 0.3) is 0 Å². The van der Waals surface area contributed by atoms with E-state index in [9.17, 15) is 43.5 Å². The molecule has 24 nitrogen and oxygen atoms in total. The third-order valence-corrected chi connectivity index (χ3v) is 9.63. The standard InChI is InChI=1S/C36H63N15O9/c37-13-3-1-7-22(39)30(54)48-23(9-5-15-44-36(41)42)31(55)49-24(11-12-28(40)52)32(56)50-26(17-21-18-43-20-46-21)34(58)51-16-6-10-27(51)33(57)45-19-29(53)47-25(35(59)60)8-2-4-14-38/h18,20,22-27H,1-17,19,37-39H2,(H2,40,52)(H,43,46)(H,45,57)(H,47,53)(H,48,54)(H,49,55)(H,50,56)(H,59,60)(H4,41,42,44)/t22-,23-,24-,25-,26-,27-/m0/s1. The molecule has 0 spiro atoms. The van der Waals surface area contributed by atoms with Crippen LogP contribution in [0.1, 0.15) is 82.7 Å². The summed E-state index contributed by atoms with van der Waals surface area (Å²) in [5.74, 6) is -6.55. The van der Waals surface area contributed by atoms with E-state index in [1.165, 1.54) is 17.4 Å². The fourth-order valence-corrected chi connectivity index (χ4v) is 6.39. The molecule has 1 aromatic heterocycles. The van der Waals surface area contributed by atoms with Crippen LogP contribution in [-0.4, -0.2) is 142 Å². The van der Waals surface area contributed by atoms with Gasteiger partial charge in [-0.3, -0.25) is 38.6 Å². The van der Waals surface area contributed by atoms with Crippen molar-refractivity contribution >= 4 is 53.3 Å². The average Bonchev–Trinajstić information content (AvgIpc) is 3.91. The second-order valence-corrected chi connectivity index (χ2v) is 14.5. The number of carbonyl (C=O) groups is 8. The first kappa shape index (κ1) is 50.3. The van der Waals surface area contributed by atoms with Crippen LogP contribution in [0, 0.1) is 0 Å². The molecule has 1 saturated heterocycles. The van der Waals surface area contributed by atoms with Crippen molar-refractivity contribution in [2.75, 3.05) is 32.7 Å². The molecule has 2 heterocycles. The van der Waals surface area contributed by atoms with E-state index >= 15 is 0 Å². The molecular formula is C36H63N15O9. The van der Waals surface area contributed by atoms with E-state index in [0.717, 1.165) is 0 Å². The number of rotatable bonds is 29. The number of carbonyl (C=O) groups excluding carboxylic acids is 7. The minimum absolute atomic E-state index is 0.0317.